The normalized spacial score (nSPS) is 22.2. The lowest BCUT2D eigenvalue weighted by Gasteiger charge is -2.22. The van der Waals surface area contributed by atoms with Crippen molar-refractivity contribution < 1.29 is 18.4 Å². The molecule has 2 rings (SSSR count). The van der Waals surface area contributed by atoms with Crippen LogP contribution >= 0.6 is 0 Å². The molecule has 1 aromatic rings. The van der Waals surface area contributed by atoms with Gasteiger partial charge in [0, 0.05) is 19.1 Å². The molecule has 0 spiro atoms. The van der Waals surface area contributed by atoms with E-state index >= 15 is 0 Å². The molecule has 0 aromatic heterocycles. The number of halogens is 2. The van der Waals surface area contributed by atoms with Gasteiger partial charge in [0.15, 0.2) is 0 Å². The third-order valence-corrected chi connectivity index (χ3v) is 3.45. The number of rotatable bonds is 5. The molecule has 114 valence electrons. The van der Waals surface area contributed by atoms with Crippen molar-refractivity contribution in [2.24, 2.45) is 5.73 Å². The molecule has 2 amide bonds. The average Bonchev–Trinajstić information content (AvgIpc) is 2.75. The SMILES string of the molecule is NC(=O)CN1C[C@@H](F)C[C@H]1CNC(=O)c1ccccc1F. The average molecular weight is 297 g/mol. The van der Waals surface area contributed by atoms with E-state index in [2.05, 4.69) is 5.32 Å². The van der Waals surface area contributed by atoms with E-state index in [1.807, 2.05) is 0 Å². The Morgan fingerprint density at radius 3 is 2.76 bits per heavy atom. The highest BCUT2D eigenvalue weighted by molar-refractivity contribution is 5.94. The highest BCUT2D eigenvalue weighted by Gasteiger charge is 2.33. The van der Waals surface area contributed by atoms with Crippen LogP contribution in [0.2, 0.25) is 0 Å². The zero-order valence-electron chi connectivity index (χ0n) is 11.4. The summed E-state index contributed by atoms with van der Waals surface area (Å²) in [4.78, 5) is 24.4. The highest BCUT2D eigenvalue weighted by Crippen LogP contribution is 2.19. The number of nitrogens with two attached hydrogens (primary N) is 1. The number of carbonyl (C=O) groups is 2. The van der Waals surface area contributed by atoms with Crippen LogP contribution in [0.4, 0.5) is 8.78 Å². The minimum atomic E-state index is -1.06. The Morgan fingerprint density at radius 1 is 1.38 bits per heavy atom. The van der Waals surface area contributed by atoms with Crippen LogP contribution in [-0.4, -0.2) is 48.6 Å². The first-order valence-corrected chi connectivity index (χ1v) is 6.66. The number of likely N-dealkylation sites (tertiary alicyclic amines) is 1. The van der Waals surface area contributed by atoms with Crippen LogP contribution in [0.1, 0.15) is 16.8 Å². The van der Waals surface area contributed by atoms with Gasteiger partial charge in [-0.3, -0.25) is 14.5 Å². The van der Waals surface area contributed by atoms with Crippen LogP contribution in [0, 0.1) is 5.82 Å². The molecule has 1 aliphatic heterocycles. The lowest BCUT2D eigenvalue weighted by Crippen LogP contribution is -2.43. The van der Waals surface area contributed by atoms with Crippen LogP contribution in [-0.2, 0) is 4.79 Å². The molecule has 7 heteroatoms. The Hall–Kier alpha value is -2.02. The van der Waals surface area contributed by atoms with Crippen molar-refractivity contribution in [1.29, 1.82) is 0 Å². The minimum Gasteiger partial charge on any atom is -0.369 e. The number of nitrogens with zero attached hydrogens (tertiary/aromatic N) is 1. The Kier molecular flexibility index (Phi) is 4.85. The fraction of sp³-hybridized carbons (Fsp3) is 0.429. The number of alkyl halides is 1. The van der Waals surface area contributed by atoms with Crippen LogP contribution in [0.5, 0.6) is 0 Å². The van der Waals surface area contributed by atoms with E-state index < -0.39 is 23.8 Å². The lowest BCUT2D eigenvalue weighted by atomic mass is 10.1. The summed E-state index contributed by atoms with van der Waals surface area (Å²) < 4.78 is 26.9. The summed E-state index contributed by atoms with van der Waals surface area (Å²) in [5.74, 6) is -1.72. The standard InChI is InChI=1S/C14H17F2N3O2/c15-9-5-10(19(7-9)8-13(17)20)6-18-14(21)11-3-1-2-4-12(11)16/h1-4,9-10H,5-8H2,(H2,17,20)(H,18,21)/t9-,10-/m0/s1. The number of carbonyl (C=O) groups excluding carboxylic acids is 2. The van der Waals surface area contributed by atoms with Crippen molar-refractivity contribution in [3.05, 3.63) is 35.6 Å². The van der Waals surface area contributed by atoms with Gasteiger partial charge in [-0.1, -0.05) is 12.1 Å². The molecular weight excluding hydrogens is 280 g/mol. The molecule has 1 fully saturated rings. The maximum absolute atomic E-state index is 13.5. The summed E-state index contributed by atoms with van der Waals surface area (Å²) >= 11 is 0. The number of hydrogen-bond acceptors (Lipinski definition) is 3. The largest absolute Gasteiger partial charge is 0.369 e. The van der Waals surface area contributed by atoms with E-state index in [1.165, 1.54) is 18.2 Å². The van der Waals surface area contributed by atoms with Gasteiger partial charge < -0.3 is 11.1 Å². The zero-order chi connectivity index (χ0) is 15.4. The third kappa shape index (κ3) is 3.98. The molecule has 3 N–H and O–H groups in total. The monoisotopic (exact) mass is 297 g/mol. The van der Waals surface area contributed by atoms with Crippen LogP contribution in [0.25, 0.3) is 0 Å². The zero-order valence-corrected chi connectivity index (χ0v) is 11.4. The Bertz CT molecular complexity index is 539. The molecule has 1 saturated heterocycles. The van der Waals surface area contributed by atoms with Crippen LogP contribution in [0.15, 0.2) is 24.3 Å². The molecule has 1 aromatic carbocycles. The van der Waals surface area contributed by atoms with Crippen molar-refractivity contribution in [3.8, 4) is 0 Å². The van der Waals surface area contributed by atoms with Crippen LogP contribution in [0.3, 0.4) is 0 Å². The number of hydrogen-bond donors (Lipinski definition) is 2. The van der Waals surface area contributed by atoms with Crippen molar-refractivity contribution in [3.63, 3.8) is 0 Å². The Morgan fingerprint density at radius 2 is 2.10 bits per heavy atom. The lowest BCUT2D eigenvalue weighted by molar-refractivity contribution is -0.119. The fourth-order valence-corrected chi connectivity index (χ4v) is 2.48. The molecule has 2 atom stereocenters. The van der Waals surface area contributed by atoms with Crippen molar-refractivity contribution in [2.75, 3.05) is 19.6 Å². The summed E-state index contributed by atoms with van der Waals surface area (Å²) in [5, 5.41) is 2.57. The second-order valence-corrected chi connectivity index (χ2v) is 5.07. The first-order chi connectivity index (χ1) is 9.97. The van der Waals surface area contributed by atoms with E-state index in [-0.39, 0.29) is 37.7 Å². The highest BCUT2D eigenvalue weighted by atomic mass is 19.1. The molecule has 0 saturated carbocycles. The molecule has 1 heterocycles. The van der Waals surface area contributed by atoms with Crippen molar-refractivity contribution in [1.82, 2.24) is 10.2 Å². The fourth-order valence-electron chi connectivity index (χ4n) is 2.48. The number of amides is 2. The topological polar surface area (TPSA) is 75.4 Å². The number of benzene rings is 1. The molecule has 0 bridgehead atoms. The van der Waals surface area contributed by atoms with Gasteiger partial charge in [-0.2, -0.15) is 0 Å². The van der Waals surface area contributed by atoms with E-state index in [9.17, 15) is 18.4 Å². The van der Waals surface area contributed by atoms with E-state index in [0.717, 1.165) is 0 Å². The molecular formula is C14H17F2N3O2. The summed E-state index contributed by atoms with van der Waals surface area (Å²) in [6.07, 6.45) is -0.843. The first kappa shape index (κ1) is 15.4. The molecule has 21 heavy (non-hydrogen) atoms. The Labute approximate surface area is 121 Å². The maximum atomic E-state index is 13.5. The smallest absolute Gasteiger partial charge is 0.254 e. The van der Waals surface area contributed by atoms with Gasteiger partial charge in [-0.15, -0.1) is 0 Å². The van der Waals surface area contributed by atoms with Gasteiger partial charge in [0.1, 0.15) is 12.0 Å². The molecule has 0 radical (unpaired) electrons. The van der Waals surface area contributed by atoms with E-state index in [1.54, 1.807) is 11.0 Å². The molecule has 1 aliphatic rings. The quantitative estimate of drug-likeness (QED) is 0.829. The minimum absolute atomic E-state index is 0.0549. The molecule has 5 nitrogen and oxygen atoms in total. The second-order valence-electron chi connectivity index (χ2n) is 5.07. The van der Waals surface area contributed by atoms with Crippen molar-refractivity contribution in [2.45, 2.75) is 18.6 Å². The first-order valence-electron chi connectivity index (χ1n) is 6.66. The number of nitrogens with one attached hydrogen (secondary N) is 1. The van der Waals surface area contributed by atoms with Gasteiger partial charge in [-0.25, -0.2) is 8.78 Å². The molecule has 0 unspecified atom stereocenters. The van der Waals surface area contributed by atoms with Gasteiger partial charge in [0.05, 0.1) is 12.1 Å². The van der Waals surface area contributed by atoms with E-state index in [0.29, 0.717) is 0 Å². The van der Waals surface area contributed by atoms with Gasteiger partial charge in [0.2, 0.25) is 5.91 Å². The summed E-state index contributed by atoms with van der Waals surface area (Å²) in [6.45, 7) is 0.199. The molecule has 0 aliphatic carbocycles. The predicted octanol–water partition coefficient (Wildman–Crippen LogP) is 0.453. The van der Waals surface area contributed by atoms with Gasteiger partial charge in [-0.05, 0) is 18.6 Å². The van der Waals surface area contributed by atoms with Gasteiger partial charge in [0.25, 0.3) is 5.91 Å². The summed E-state index contributed by atoms with van der Waals surface area (Å²) in [6, 6.07) is 5.30. The van der Waals surface area contributed by atoms with Gasteiger partial charge >= 0.3 is 0 Å². The summed E-state index contributed by atoms with van der Waals surface area (Å²) in [7, 11) is 0. The Balaban J connectivity index is 1.94. The summed E-state index contributed by atoms with van der Waals surface area (Å²) in [5.41, 5.74) is 5.05. The van der Waals surface area contributed by atoms with Crippen molar-refractivity contribution >= 4 is 11.8 Å². The maximum Gasteiger partial charge on any atom is 0.254 e. The van der Waals surface area contributed by atoms with Crippen LogP contribution < -0.4 is 11.1 Å². The second kappa shape index (κ2) is 6.62. The van der Waals surface area contributed by atoms with E-state index in [4.69, 9.17) is 5.73 Å². The predicted molar refractivity (Wildman–Crippen MR) is 72.8 cm³/mol. The third-order valence-electron chi connectivity index (χ3n) is 3.45. The number of primary amides is 1.